The zero-order valence-corrected chi connectivity index (χ0v) is 11.9. The van der Waals surface area contributed by atoms with Crippen molar-refractivity contribution in [2.24, 2.45) is 23.5 Å². The van der Waals surface area contributed by atoms with Gasteiger partial charge in [0.15, 0.2) is 0 Å². The molecule has 2 fully saturated rings. The summed E-state index contributed by atoms with van der Waals surface area (Å²) < 4.78 is 5.55. The van der Waals surface area contributed by atoms with E-state index >= 15 is 0 Å². The van der Waals surface area contributed by atoms with E-state index in [1.165, 1.54) is 12.8 Å². The molecule has 19 heavy (non-hydrogen) atoms. The normalized spacial score (nSPS) is 27.2. The highest BCUT2D eigenvalue weighted by Gasteiger charge is 2.25. The molecule has 3 N–H and O–H groups in total. The highest BCUT2D eigenvalue weighted by molar-refractivity contribution is 5.78. The smallest absolute Gasteiger partial charge is 0.223 e. The van der Waals surface area contributed by atoms with Crippen LogP contribution < -0.4 is 11.1 Å². The number of carbonyl (C=O) groups excluding carboxylic acids is 1. The second kappa shape index (κ2) is 7.85. The molecule has 0 atom stereocenters. The standard InChI is InChI=1S/C15H28N2O2/c16-10-12-4-6-14(7-5-12)15(18)17-8-1-9-19-11-13-2-3-13/h12-14H,1-11,16H2,(H,17,18). The van der Waals surface area contributed by atoms with Crippen molar-refractivity contribution in [2.75, 3.05) is 26.3 Å². The molecule has 2 saturated carbocycles. The number of hydrogen-bond donors (Lipinski definition) is 2. The molecule has 0 radical (unpaired) electrons. The molecule has 2 aliphatic rings. The van der Waals surface area contributed by atoms with E-state index in [9.17, 15) is 4.79 Å². The largest absolute Gasteiger partial charge is 0.381 e. The third-order valence-corrected chi connectivity index (χ3v) is 4.37. The van der Waals surface area contributed by atoms with Crippen LogP contribution in [0.4, 0.5) is 0 Å². The molecule has 0 bridgehead atoms. The van der Waals surface area contributed by atoms with E-state index in [0.717, 1.165) is 64.3 Å². The maximum atomic E-state index is 12.0. The van der Waals surface area contributed by atoms with Crippen molar-refractivity contribution in [1.29, 1.82) is 0 Å². The quantitative estimate of drug-likeness (QED) is 0.658. The molecule has 0 saturated heterocycles. The molecule has 0 aliphatic heterocycles. The first-order valence-electron chi connectivity index (χ1n) is 7.85. The molecule has 0 heterocycles. The number of rotatable bonds is 8. The van der Waals surface area contributed by atoms with E-state index < -0.39 is 0 Å². The van der Waals surface area contributed by atoms with Crippen molar-refractivity contribution >= 4 is 5.91 Å². The molecule has 1 amide bonds. The number of nitrogens with two attached hydrogens (primary N) is 1. The topological polar surface area (TPSA) is 64.4 Å². The Morgan fingerprint density at radius 1 is 1.11 bits per heavy atom. The molecule has 110 valence electrons. The van der Waals surface area contributed by atoms with Gasteiger partial charge in [-0.3, -0.25) is 4.79 Å². The Labute approximate surface area is 116 Å². The number of carbonyl (C=O) groups is 1. The first-order chi connectivity index (χ1) is 9.29. The lowest BCUT2D eigenvalue weighted by Crippen LogP contribution is -2.35. The van der Waals surface area contributed by atoms with Crippen LogP contribution in [-0.4, -0.2) is 32.2 Å². The van der Waals surface area contributed by atoms with Crippen molar-refractivity contribution < 1.29 is 9.53 Å². The minimum atomic E-state index is 0.218. The van der Waals surface area contributed by atoms with Crippen molar-refractivity contribution in [3.63, 3.8) is 0 Å². The summed E-state index contributed by atoms with van der Waals surface area (Å²) in [5, 5.41) is 3.04. The molecule has 0 spiro atoms. The van der Waals surface area contributed by atoms with Crippen molar-refractivity contribution in [3.8, 4) is 0 Å². The molecule has 2 rings (SSSR count). The maximum Gasteiger partial charge on any atom is 0.223 e. The van der Waals surface area contributed by atoms with Gasteiger partial charge >= 0.3 is 0 Å². The van der Waals surface area contributed by atoms with Gasteiger partial charge in [0.25, 0.3) is 0 Å². The minimum absolute atomic E-state index is 0.218. The average molecular weight is 268 g/mol. The number of amides is 1. The van der Waals surface area contributed by atoms with E-state index in [4.69, 9.17) is 10.5 Å². The highest BCUT2D eigenvalue weighted by Crippen LogP contribution is 2.29. The van der Waals surface area contributed by atoms with Gasteiger partial charge < -0.3 is 15.8 Å². The lowest BCUT2D eigenvalue weighted by Gasteiger charge is -2.26. The summed E-state index contributed by atoms with van der Waals surface area (Å²) in [5.41, 5.74) is 5.66. The Morgan fingerprint density at radius 3 is 2.42 bits per heavy atom. The lowest BCUT2D eigenvalue weighted by atomic mass is 9.81. The molecule has 0 aromatic carbocycles. The first-order valence-corrected chi connectivity index (χ1v) is 7.85. The monoisotopic (exact) mass is 268 g/mol. The van der Waals surface area contributed by atoms with Gasteiger partial charge in [-0.2, -0.15) is 0 Å². The van der Waals surface area contributed by atoms with Gasteiger partial charge in [0.05, 0.1) is 0 Å². The number of ether oxygens (including phenoxy) is 1. The van der Waals surface area contributed by atoms with Gasteiger partial charge in [0.1, 0.15) is 0 Å². The van der Waals surface area contributed by atoms with Crippen molar-refractivity contribution in [2.45, 2.75) is 44.9 Å². The SMILES string of the molecule is NCC1CCC(C(=O)NCCCOCC2CC2)CC1. The van der Waals surface area contributed by atoms with Crippen LogP contribution in [0.3, 0.4) is 0 Å². The van der Waals surface area contributed by atoms with Gasteiger partial charge in [-0.1, -0.05) is 0 Å². The zero-order chi connectivity index (χ0) is 13.5. The Balaban J connectivity index is 1.47. The van der Waals surface area contributed by atoms with Crippen LogP contribution in [0.5, 0.6) is 0 Å². The van der Waals surface area contributed by atoms with Gasteiger partial charge in [-0.25, -0.2) is 0 Å². The Bertz CT molecular complexity index is 271. The molecular weight excluding hydrogens is 240 g/mol. The summed E-state index contributed by atoms with van der Waals surface area (Å²) >= 11 is 0. The second-order valence-corrected chi connectivity index (χ2v) is 6.12. The van der Waals surface area contributed by atoms with E-state index in [1.54, 1.807) is 0 Å². The first kappa shape index (κ1) is 14.8. The van der Waals surface area contributed by atoms with Crippen LogP contribution in [0.15, 0.2) is 0 Å². The molecule has 0 aromatic rings. The van der Waals surface area contributed by atoms with Gasteiger partial charge in [0, 0.05) is 25.7 Å². The Kier molecular flexibility index (Phi) is 6.11. The third-order valence-electron chi connectivity index (χ3n) is 4.37. The zero-order valence-electron chi connectivity index (χ0n) is 11.9. The van der Waals surface area contributed by atoms with Crippen molar-refractivity contribution in [3.05, 3.63) is 0 Å². The molecule has 4 heteroatoms. The predicted molar refractivity (Wildman–Crippen MR) is 75.7 cm³/mol. The predicted octanol–water partition coefficient (Wildman–Crippen LogP) is 1.68. The average Bonchev–Trinajstić information content (AvgIpc) is 3.26. The molecular formula is C15H28N2O2. The fourth-order valence-corrected chi connectivity index (χ4v) is 2.73. The van der Waals surface area contributed by atoms with Crippen LogP contribution >= 0.6 is 0 Å². The number of nitrogens with one attached hydrogen (secondary N) is 1. The highest BCUT2D eigenvalue weighted by atomic mass is 16.5. The van der Waals surface area contributed by atoms with E-state index in [-0.39, 0.29) is 11.8 Å². The van der Waals surface area contributed by atoms with E-state index in [2.05, 4.69) is 5.32 Å². The van der Waals surface area contributed by atoms with E-state index in [0.29, 0.717) is 5.92 Å². The maximum absolute atomic E-state index is 12.0. The summed E-state index contributed by atoms with van der Waals surface area (Å²) in [6, 6.07) is 0. The summed E-state index contributed by atoms with van der Waals surface area (Å²) in [6.07, 6.45) is 7.83. The van der Waals surface area contributed by atoms with E-state index in [1.807, 2.05) is 0 Å². The van der Waals surface area contributed by atoms with Crippen LogP contribution in [0.25, 0.3) is 0 Å². The second-order valence-electron chi connectivity index (χ2n) is 6.12. The summed E-state index contributed by atoms with van der Waals surface area (Å²) in [6.45, 7) is 3.21. The van der Waals surface area contributed by atoms with Gasteiger partial charge in [-0.05, 0) is 63.3 Å². The number of hydrogen-bond acceptors (Lipinski definition) is 3. The fourth-order valence-electron chi connectivity index (χ4n) is 2.73. The summed E-state index contributed by atoms with van der Waals surface area (Å²) in [7, 11) is 0. The minimum Gasteiger partial charge on any atom is -0.381 e. The van der Waals surface area contributed by atoms with Crippen LogP contribution in [0.2, 0.25) is 0 Å². The van der Waals surface area contributed by atoms with Gasteiger partial charge in [-0.15, -0.1) is 0 Å². The summed E-state index contributed by atoms with van der Waals surface area (Å²) in [5.74, 6) is 1.92. The molecule has 0 aromatic heterocycles. The van der Waals surface area contributed by atoms with Gasteiger partial charge in [0.2, 0.25) is 5.91 Å². The third kappa shape index (κ3) is 5.49. The summed E-state index contributed by atoms with van der Waals surface area (Å²) in [4.78, 5) is 12.0. The Morgan fingerprint density at radius 2 is 1.79 bits per heavy atom. The van der Waals surface area contributed by atoms with Crippen molar-refractivity contribution in [1.82, 2.24) is 5.32 Å². The fraction of sp³-hybridized carbons (Fsp3) is 0.933. The van der Waals surface area contributed by atoms with Crippen LogP contribution in [-0.2, 0) is 9.53 Å². The molecule has 2 aliphatic carbocycles. The van der Waals surface area contributed by atoms with Crippen LogP contribution in [0, 0.1) is 17.8 Å². The lowest BCUT2D eigenvalue weighted by molar-refractivity contribution is -0.126. The molecule has 4 nitrogen and oxygen atoms in total. The Hall–Kier alpha value is -0.610. The van der Waals surface area contributed by atoms with Crippen LogP contribution in [0.1, 0.15) is 44.9 Å². The molecule has 0 unspecified atom stereocenters.